The Labute approximate surface area is 161 Å². The number of nitrogens with two attached hydrogens (primary N) is 1. The van der Waals surface area contributed by atoms with Crippen molar-refractivity contribution in [3.05, 3.63) is 71.3 Å². The van der Waals surface area contributed by atoms with Crippen LogP contribution >= 0.6 is 0 Å². The molecule has 0 aromatic heterocycles. The summed E-state index contributed by atoms with van der Waals surface area (Å²) in [6, 6.07) is 18.1. The van der Waals surface area contributed by atoms with Crippen molar-refractivity contribution in [3.8, 4) is 0 Å². The van der Waals surface area contributed by atoms with Crippen LogP contribution in [0.4, 0.5) is 0 Å². The van der Waals surface area contributed by atoms with E-state index < -0.39 is 5.91 Å². The Morgan fingerprint density at radius 2 is 1.96 bits per heavy atom. The maximum Gasteiger partial charge on any atom is 0.248 e. The van der Waals surface area contributed by atoms with Crippen LogP contribution in [-0.4, -0.2) is 36.4 Å². The van der Waals surface area contributed by atoms with Crippen molar-refractivity contribution in [3.63, 3.8) is 0 Å². The van der Waals surface area contributed by atoms with Gasteiger partial charge in [0.05, 0.1) is 6.54 Å². The standard InChI is InChI=1S/C22H28N4O/c1-2-24-22(25-15-18-9-6-10-20(14-18)21(23)27)26-12-11-19(16-26)13-17-7-4-3-5-8-17/h3-10,14,19H,2,11-13,15-16H2,1H3,(H2,23,27)(H,24,25). The molecular formula is C22H28N4O. The molecule has 1 saturated heterocycles. The van der Waals surface area contributed by atoms with Crippen LogP contribution in [0, 0.1) is 5.92 Å². The molecule has 27 heavy (non-hydrogen) atoms. The van der Waals surface area contributed by atoms with E-state index in [2.05, 4.69) is 47.5 Å². The predicted octanol–water partition coefficient (Wildman–Crippen LogP) is 2.82. The van der Waals surface area contributed by atoms with Crippen LogP contribution in [0.15, 0.2) is 59.6 Å². The largest absolute Gasteiger partial charge is 0.366 e. The monoisotopic (exact) mass is 364 g/mol. The van der Waals surface area contributed by atoms with E-state index in [4.69, 9.17) is 10.7 Å². The molecule has 0 radical (unpaired) electrons. The number of hydrogen-bond acceptors (Lipinski definition) is 2. The van der Waals surface area contributed by atoms with Gasteiger partial charge in [0.25, 0.3) is 0 Å². The summed E-state index contributed by atoms with van der Waals surface area (Å²) in [5.74, 6) is 1.18. The molecule has 1 amide bonds. The van der Waals surface area contributed by atoms with Crippen LogP contribution in [-0.2, 0) is 13.0 Å². The number of guanidine groups is 1. The molecule has 1 atom stereocenters. The average Bonchev–Trinajstić information content (AvgIpc) is 3.14. The van der Waals surface area contributed by atoms with E-state index in [-0.39, 0.29) is 0 Å². The smallest absolute Gasteiger partial charge is 0.248 e. The van der Waals surface area contributed by atoms with Gasteiger partial charge in [-0.25, -0.2) is 4.99 Å². The zero-order valence-electron chi connectivity index (χ0n) is 15.9. The van der Waals surface area contributed by atoms with Gasteiger partial charge in [-0.1, -0.05) is 42.5 Å². The Kier molecular flexibility index (Phi) is 6.47. The molecule has 1 heterocycles. The number of amides is 1. The highest BCUT2D eigenvalue weighted by atomic mass is 16.1. The highest BCUT2D eigenvalue weighted by molar-refractivity contribution is 5.92. The van der Waals surface area contributed by atoms with E-state index in [0.717, 1.165) is 37.6 Å². The zero-order valence-corrected chi connectivity index (χ0v) is 15.9. The molecule has 1 aliphatic rings. The Morgan fingerprint density at radius 1 is 1.19 bits per heavy atom. The van der Waals surface area contributed by atoms with Gasteiger partial charge in [0.15, 0.2) is 5.96 Å². The molecule has 3 rings (SSSR count). The summed E-state index contributed by atoms with van der Waals surface area (Å²) in [7, 11) is 0. The highest BCUT2D eigenvalue weighted by Crippen LogP contribution is 2.21. The molecule has 2 aromatic rings. The second-order valence-electron chi connectivity index (χ2n) is 7.03. The van der Waals surface area contributed by atoms with Gasteiger partial charge in [-0.3, -0.25) is 4.79 Å². The van der Waals surface area contributed by atoms with Crippen LogP contribution in [0.5, 0.6) is 0 Å². The minimum Gasteiger partial charge on any atom is -0.366 e. The molecule has 2 aromatic carbocycles. The lowest BCUT2D eigenvalue weighted by Crippen LogP contribution is -2.40. The van der Waals surface area contributed by atoms with Crippen LogP contribution in [0.25, 0.3) is 0 Å². The zero-order chi connectivity index (χ0) is 19.1. The Bertz CT molecular complexity index is 788. The van der Waals surface area contributed by atoms with Crippen molar-refractivity contribution >= 4 is 11.9 Å². The third kappa shape index (κ3) is 5.33. The first kappa shape index (κ1) is 19.0. The number of nitrogens with zero attached hydrogens (tertiary/aromatic N) is 2. The molecule has 0 aliphatic carbocycles. The lowest BCUT2D eigenvalue weighted by molar-refractivity contribution is 0.1000. The lowest BCUT2D eigenvalue weighted by atomic mass is 9.99. The Balaban J connectivity index is 1.64. The fourth-order valence-corrected chi connectivity index (χ4v) is 3.55. The number of carbonyl (C=O) groups is 1. The maximum atomic E-state index is 11.4. The van der Waals surface area contributed by atoms with E-state index in [9.17, 15) is 4.79 Å². The summed E-state index contributed by atoms with van der Waals surface area (Å²) in [4.78, 5) is 18.5. The number of carbonyl (C=O) groups excluding carboxylic acids is 1. The first-order chi connectivity index (χ1) is 13.2. The number of hydrogen-bond donors (Lipinski definition) is 2. The summed E-state index contributed by atoms with van der Waals surface area (Å²) in [5.41, 5.74) is 8.28. The Morgan fingerprint density at radius 3 is 2.70 bits per heavy atom. The first-order valence-electron chi connectivity index (χ1n) is 9.61. The molecule has 5 nitrogen and oxygen atoms in total. The molecule has 0 bridgehead atoms. The van der Waals surface area contributed by atoms with Gasteiger partial charge in [0.1, 0.15) is 0 Å². The SMILES string of the molecule is CCNC(=NCc1cccc(C(N)=O)c1)N1CCC(Cc2ccccc2)C1. The Hall–Kier alpha value is -2.82. The van der Waals surface area contributed by atoms with Crippen LogP contribution in [0.1, 0.15) is 34.8 Å². The van der Waals surface area contributed by atoms with Crippen LogP contribution in [0.3, 0.4) is 0 Å². The predicted molar refractivity (Wildman–Crippen MR) is 110 cm³/mol. The van der Waals surface area contributed by atoms with Crippen molar-refractivity contribution in [2.24, 2.45) is 16.6 Å². The minimum atomic E-state index is -0.406. The van der Waals surface area contributed by atoms with Gasteiger partial charge in [-0.05, 0) is 48.9 Å². The fourth-order valence-electron chi connectivity index (χ4n) is 3.55. The molecule has 1 aliphatic heterocycles. The minimum absolute atomic E-state index is 0.406. The normalized spacial score (nSPS) is 17.1. The van der Waals surface area contributed by atoms with E-state index in [1.807, 2.05) is 18.2 Å². The van der Waals surface area contributed by atoms with Crippen molar-refractivity contribution in [1.29, 1.82) is 0 Å². The fraction of sp³-hybridized carbons (Fsp3) is 0.364. The van der Waals surface area contributed by atoms with Crippen molar-refractivity contribution in [2.75, 3.05) is 19.6 Å². The summed E-state index contributed by atoms with van der Waals surface area (Å²) in [6.45, 7) is 5.48. The third-order valence-electron chi connectivity index (χ3n) is 4.91. The van der Waals surface area contributed by atoms with E-state index in [1.165, 1.54) is 12.0 Å². The van der Waals surface area contributed by atoms with Gasteiger partial charge in [-0.2, -0.15) is 0 Å². The van der Waals surface area contributed by atoms with Gasteiger partial charge < -0.3 is 16.0 Å². The van der Waals surface area contributed by atoms with Gasteiger partial charge in [0, 0.05) is 25.2 Å². The summed E-state index contributed by atoms with van der Waals surface area (Å²) in [5, 5.41) is 3.40. The van der Waals surface area contributed by atoms with Crippen LogP contribution < -0.4 is 11.1 Å². The second-order valence-corrected chi connectivity index (χ2v) is 7.03. The molecule has 1 fully saturated rings. The topological polar surface area (TPSA) is 70.7 Å². The summed E-state index contributed by atoms with van der Waals surface area (Å²) >= 11 is 0. The number of aliphatic imine (C=N–C) groups is 1. The van der Waals surface area contributed by atoms with Crippen LogP contribution in [0.2, 0.25) is 0 Å². The summed E-state index contributed by atoms with van der Waals surface area (Å²) < 4.78 is 0. The lowest BCUT2D eigenvalue weighted by Gasteiger charge is -2.22. The van der Waals surface area contributed by atoms with E-state index in [0.29, 0.717) is 18.0 Å². The quantitative estimate of drug-likeness (QED) is 0.612. The number of benzene rings is 2. The van der Waals surface area contributed by atoms with E-state index in [1.54, 1.807) is 6.07 Å². The van der Waals surface area contributed by atoms with Crippen molar-refractivity contribution in [2.45, 2.75) is 26.3 Å². The van der Waals surface area contributed by atoms with Gasteiger partial charge in [-0.15, -0.1) is 0 Å². The molecule has 3 N–H and O–H groups in total. The summed E-state index contributed by atoms with van der Waals surface area (Å²) in [6.07, 6.45) is 2.29. The highest BCUT2D eigenvalue weighted by Gasteiger charge is 2.24. The molecule has 0 spiro atoms. The average molecular weight is 364 g/mol. The maximum absolute atomic E-state index is 11.4. The van der Waals surface area contributed by atoms with E-state index >= 15 is 0 Å². The third-order valence-corrected chi connectivity index (χ3v) is 4.91. The molecule has 1 unspecified atom stereocenters. The first-order valence-corrected chi connectivity index (χ1v) is 9.61. The van der Waals surface area contributed by atoms with Gasteiger partial charge >= 0.3 is 0 Å². The van der Waals surface area contributed by atoms with Crippen molar-refractivity contribution < 1.29 is 4.79 Å². The molecule has 0 saturated carbocycles. The molecule has 142 valence electrons. The molecule has 5 heteroatoms. The number of nitrogens with one attached hydrogen (secondary N) is 1. The number of likely N-dealkylation sites (tertiary alicyclic amines) is 1. The molecular weight excluding hydrogens is 336 g/mol. The van der Waals surface area contributed by atoms with Gasteiger partial charge in [0.2, 0.25) is 5.91 Å². The number of rotatable bonds is 6. The second kappa shape index (κ2) is 9.21. The van der Waals surface area contributed by atoms with Crippen molar-refractivity contribution in [1.82, 2.24) is 10.2 Å². The number of primary amides is 1.